The molecule has 0 atom stereocenters. The highest BCUT2D eigenvalue weighted by Gasteiger charge is 2.25. The average Bonchev–Trinajstić information content (AvgIpc) is 2.92. The molecule has 0 bridgehead atoms. The third kappa shape index (κ3) is 3.76. The summed E-state index contributed by atoms with van der Waals surface area (Å²) in [4.78, 5) is 32.1. The lowest BCUT2D eigenvalue weighted by molar-refractivity contribution is -0.131. The summed E-state index contributed by atoms with van der Waals surface area (Å²) in [5.41, 5.74) is 4.93. The zero-order valence-corrected chi connectivity index (χ0v) is 15.1. The van der Waals surface area contributed by atoms with Crippen LogP contribution in [-0.2, 0) is 11.2 Å². The standard InChI is InChI=1S/C20H25N3O2/c1-14-6-4-5-7-18(14)20(25)23-10-8-22(9-11-23)19(24)13-17-12-15(2)21-16(17)3/h4-7,12,21H,8-11,13H2,1-3H3. The van der Waals surface area contributed by atoms with Gasteiger partial charge in [-0.3, -0.25) is 9.59 Å². The second kappa shape index (κ2) is 7.13. The van der Waals surface area contributed by atoms with Gasteiger partial charge >= 0.3 is 0 Å². The van der Waals surface area contributed by atoms with E-state index < -0.39 is 0 Å². The van der Waals surface area contributed by atoms with Crippen LogP contribution in [0.25, 0.3) is 0 Å². The second-order valence-electron chi connectivity index (χ2n) is 6.77. The van der Waals surface area contributed by atoms with Crippen LogP contribution in [0.15, 0.2) is 30.3 Å². The maximum atomic E-state index is 12.7. The van der Waals surface area contributed by atoms with Crippen molar-refractivity contribution >= 4 is 11.8 Å². The van der Waals surface area contributed by atoms with Crippen molar-refractivity contribution < 1.29 is 9.59 Å². The van der Waals surface area contributed by atoms with Crippen LogP contribution in [0, 0.1) is 20.8 Å². The second-order valence-corrected chi connectivity index (χ2v) is 6.77. The molecule has 0 aliphatic carbocycles. The molecule has 2 amide bonds. The fourth-order valence-corrected chi connectivity index (χ4v) is 3.38. The van der Waals surface area contributed by atoms with Gasteiger partial charge in [-0.2, -0.15) is 0 Å². The summed E-state index contributed by atoms with van der Waals surface area (Å²) in [5, 5.41) is 0. The van der Waals surface area contributed by atoms with Crippen molar-refractivity contribution in [1.29, 1.82) is 0 Å². The molecule has 1 saturated heterocycles. The molecule has 0 radical (unpaired) electrons. The number of H-pyrrole nitrogens is 1. The molecule has 132 valence electrons. The molecule has 0 unspecified atom stereocenters. The highest BCUT2D eigenvalue weighted by atomic mass is 16.2. The molecule has 1 aromatic carbocycles. The first-order valence-electron chi connectivity index (χ1n) is 8.73. The van der Waals surface area contributed by atoms with E-state index in [0.717, 1.165) is 28.1 Å². The first-order valence-corrected chi connectivity index (χ1v) is 8.73. The van der Waals surface area contributed by atoms with Gasteiger partial charge in [0.2, 0.25) is 5.91 Å². The van der Waals surface area contributed by atoms with Crippen LogP contribution >= 0.6 is 0 Å². The van der Waals surface area contributed by atoms with Gasteiger partial charge < -0.3 is 14.8 Å². The van der Waals surface area contributed by atoms with Gasteiger partial charge in [0.05, 0.1) is 6.42 Å². The minimum atomic E-state index is 0.0577. The normalized spacial score (nSPS) is 14.7. The number of piperazine rings is 1. The van der Waals surface area contributed by atoms with Crippen LogP contribution in [-0.4, -0.2) is 52.8 Å². The number of aryl methyl sites for hydroxylation is 3. The number of aromatic amines is 1. The molecule has 1 aliphatic rings. The van der Waals surface area contributed by atoms with E-state index in [1.54, 1.807) is 0 Å². The number of benzene rings is 1. The molecule has 5 nitrogen and oxygen atoms in total. The molecule has 1 aromatic heterocycles. The molecule has 25 heavy (non-hydrogen) atoms. The highest BCUT2D eigenvalue weighted by molar-refractivity contribution is 5.95. The summed E-state index contributed by atoms with van der Waals surface area (Å²) in [6.07, 6.45) is 0.419. The van der Waals surface area contributed by atoms with E-state index in [2.05, 4.69) is 4.98 Å². The molecule has 5 heteroatoms. The number of hydrogen-bond acceptors (Lipinski definition) is 2. The lowest BCUT2D eigenvalue weighted by Crippen LogP contribution is -2.51. The summed E-state index contributed by atoms with van der Waals surface area (Å²) in [6, 6.07) is 9.68. The Morgan fingerprint density at radius 3 is 2.24 bits per heavy atom. The van der Waals surface area contributed by atoms with Gasteiger partial charge in [-0.25, -0.2) is 0 Å². The summed E-state index contributed by atoms with van der Waals surface area (Å²) in [7, 11) is 0. The Hall–Kier alpha value is -2.56. The molecule has 0 saturated carbocycles. The Morgan fingerprint density at radius 2 is 1.64 bits per heavy atom. The molecular formula is C20H25N3O2. The molecular weight excluding hydrogens is 314 g/mol. The van der Waals surface area contributed by atoms with Crippen molar-refractivity contribution in [3.63, 3.8) is 0 Å². The average molecular weight is 339 g/mol. The van der Waals surface area contributed by atoms with Gasteiger partial charge in [-0.1, -0.05) is 18.2 Å². The van der Waals surface area contributed by atoms with E-state index in [-0.39, 0.29) is 11.8 Å². The van der Waals surface area contributed by atoms with Crippen LogP contribution in [0.2, 0.25) is 0 Å². The maximum Gasteiger partial charge on any atom is 0.254 e. The number of nitrogens with one attached hydrogen (secondary N) is 1. The molecule has 1 fully saturated rings. The molecule has 2 heterocycles. The lowest BCUT2D eigenvalue weighted by Gasteiger charge is -2.35. The molecule has 1 N–H and O–H groups in total. The Bertz CT molecular complexity index is 786. The van der Waals surface area contributed by atoms with Crippen molar-refractivity contribution in [3.05, 3.63) is 58.4 Å². The summed E-state index contributed by atoms with van der Waals surface area (Å²) in [6.45, 7) is 8.31. The first-order chi connectivity index (χ1) is 12.0. The fraction of sp³-hybridized carbons (Fsp3) is 0.400. The van der Waals surface area contributed by atoms with Crippen molar-refractivity contribution in [2.24, 2.45) is 0 Å². The van der Waals surface area contributed by atoms with Crippen LogP contribution in [0.5, 0.6) is 0 Å². The number of carbonyl (C=O) groups is 2. The van der Waals surface area contributed by atoms with Crippen LogP contribution in [0.1, 0.15) is 32.9 Å². The monoisotopic (exact) mass is 339 g/mol. The fourth-order valence-electron chi connectivity index (χ4n) is 3.38. The topological polar surface area (TPSA) is 56.4 Å². The smallest absolute Gasteiger partial charge is 0.254 e. The van der Waals surface area contributed by atoms with E-state index in [4.69, 9.17) is 0 Å². The number of amides is 2. The third-order valence-corrected chi connectivity index (χ3v) is 4.89. The Morgan fingerprint density at radius 1 is 1.00 bits per heavy atom. The summed E-state index contributed by atoms with van der Waals surface area (Å²) in [5.74, 6) is 0.187. The van der Waals surface area contributed by atoms with Crippen LogP contribution in [0.4, 0.5) is 0 Å². The van der Waals surface area contributed by atoms with Gasteiger partial charge in [0.1, 0.15) is 0 Å². The third-order valence-electron chi connectivity index (χ3n) is 4.89. The van der Waals surface area contributed by atoms with E-state index >= 15 is 0 Å². The Labute approximate surface area is 148 Å². The lowest BCUT2D eigenvalue weighted by atomic mass is 10.1. The van der Waals surface area contributed by atoms with E-state index in [1.165, 1.54) is 0 Å². The van der Waals surface area contributed by atoms with E-state index in [0.29, 0.717) is 32.6 Å². The number of carbonyl (C=O) groups excluding carboxylic acids is 2. The largest absolute Gasteiger partial charge is 0.362 e. The maximum absolute atomic E-state index is 12.7. The quantitative estimate of drug-likeness (QED) is 0.934. The number of hydrogen-bond donors (Lipinski definition) is 1. The van der Waals surface area contributed by atoms with Gasteiger partial charge in [0.15, 0.2) is 0 Å². The zero-order valence-electron chi connectivity index (χ0n) is 15.1. The SMILES string of the molecule is Cc1cc(CC(=O)N2CCN(C(=O)c3ccccc3C)CC2)c(C)[nH]1. The minimum absolute atomic E-state index is 0.0577. The van der Waals surface area contributed by atoms with Crippen molar-refractivity contribution in [3.8, 4) is 0 Å². The summed E-state index contributed by atoms with van der Waals surface area (Å²) < 4.78 is 0. The molecule has 2 aromatic rings. The van der Waals surface area contributed by atoms with Gasteiger partial charge in [0.25, 0.3) is 5.91 Å². The van der Waals surface area contributed by atoms with Gasteiger partial charge in [-0.05, 0) is 44.0 Å². The highest BCUT2D eigenvalue weighted by Crippen LogP contribution is 2.15. The predicted octanol–water partition coefficient (Wildman–Crippen LogP) is 2.47. The summed E-state index contributed by atoms with van der Waals surface area (Å²) >= 11 is 0. The molecule has 1 aliphatic heterocycles. The predicted molar refractivity (Wildman–Crippen MR) is 97.6 cm³/mol. The first kappa shape index (κ1) is 17.3. The number of aromatic nitrogens is 1. The molecule has 3 rings (SSSR count). The number of nitrogens with zero attached hydrogens (tertiary/aromatic N) is 2. The minimum Gasteiger partial charge on any atom is -0.362 e. The molecule has 0 spiro atoms. The Kier molecular flexibility index (Phi) is 4.93. The van der Waals surface area contributed by atoms with Crippen molar-refractivity contribution in [2.75, 3.05) is 26.2 Å². The van der Waals surface area contributed by atoms with Gasteiger partial charge in [0, 0.05) is 43.1 Å². The van der Waals surface area contributed by atoms with Crippen LogP contribution < -0.4 is 0 Å². The van der Waals surface area contributed by atoms with E-state index in [1.807, 2.05) is 60.9 Å². The zero-order chi connectivity index (χ0) is 18.0. The van der Waals surface area contributed by atoms with Crippen molar-refractivity contribution in [1.82, 2.24) is 14.8 Å². The van der Waals surface area contributed by atoms with Crippen LogP contribution in [0.3, 0.4) is 0 Å². The number of rotatable bonds is 3. The Balaban J connectivity index is 1.58. The van der Waals surface area contributed by atoms with E-state index in [9.17, 15) is 9.59 Å². The van der Waals surface area contributed by atoms with Crippen molar-refractivity contribution in [2.45, 2.75) is 27.2 Å². The van der Waals surface area contributed by atoms with Gasteiger partial charge in [-0.15, -0.1) is 0 Å².